The minimum absolute atomic E-state index is 0.626. The Morgan fingerprint density at radius 2 is 2.38 bits per heavy atom. The second kappa shape index (κ2) is 5.63. The standard InChI is InChI=1S/C12H14N2OS/c1-13-8-10-7-11(4-5-14-10)15-9-12-3-2-6-16-12/h2-7,13H,8-9H2,1H3. The van der Waals surface area contributed by atoms with E-state index in [1.54, 1.807) is 17.5 Å². The van der Waals surface area contributed by atoms with Gasteiger partial charge in [0.25, 0.3) is 0 Å². The largest absolute Gasteiger partial charge is 0.488 e. The Balaban J connectivity index is 1.96. The van der Waals surface area contributed by atoms with Crippen molar-refractivity contribution >= 4 is 11.3 Å². The fourth-order valence-electron chi connectivity index (χ4n) is 1.37. The summed E-state index contributed by atoms with van der Waals surface area (Å²) in [5.41, 5.74) is 0.992. The molecular weight excluding hydrogens is 220 g/mol. The Bertz CT molecular complexity index is 428. The molecule has 0 unspecified atom stereocenters. The first-order valence-electron chi connectivity index (χ1n) is 5.13. The summed E-state index contributed by atoms with van der Waals surface area (Å²) in [6.07, 6.45) is 1.77. The summed E-state index contributed by atoms with van der Waals surface area (Å²) in [5, 5.41) is 5.12. The molecule has 0 aliphatic carbocycles. The van der Waals surface area contributed by atoms with E-state index in [1.165, 1.54) is 4.88 Å². The third-order valence-electron chi connectivity index (χ3n) is 2.11. The normalized spacial score (nSPS) is 10.3. The summed E-state index contributed by atoms with van der Waals surface area (Å²) in [4.78, 5) is 5.46. The van der Waals surface area contributed by atoms with Crippen LogP contribution in [0.4, 0.5) is 0 Å². The monoisotopic (exact) mass is 234 g/mol. The molecule has 2 rings (SSSR count). The molecule has 2 aromatic heterocycles. The topological polar surface area (TPSA) is 34.1 Å². The first kappa shape index (κ1) is 11.1. The van der Waals surface area contributed by atoms with Crippen LogP contribution in [0.3, 0.4) is 0 Å². The molecule has 0 aliphatic heterocycles. The van der Waals surface area contributed by atoms with Gasteiger partial charge < -0.3 is 10.1 Å². The van der Waals surface area contributed by atoms with Gasteiger partial charge in [-0.2, -0.15) is 0 Å². The van der Waals surface area contributed by atoms with E-state index in [1.807, 2.05) is 25.2 Å². The lowest BCUT2D eigenvalue weighted by atomic mass is 10.3. The highest BCUT2D eigenvalue weighted by Crippen LogP contribution is 2.15. The van der Waals surface area contributed by atoms with Gasteiger partial charge in [-0.15, -0.1) is 11.3 Å². The maximum absolute atomic E-state index is 5.68. The van der Waals surface area contributed by atoms with E-state index < -0.39 is 0 Å². The molecule has 2 heterocycles. The Kier molecular flexibility index (Phi) is 3.91. The molecular formula is C12H14N2OS. The fourth-order valence-corrected chi connectivity index (χ4v) is 1.99. The third kappa shape index (κ3) is 3.05. The highest BCUT2D eigenvalue weighted by molar-refractivity contribution is 7.09. The average Bonchev–Trinajstić information content (AvgIpc) is 2.80. The molecule has 0 saturated heterocycles. The van der Waals surface area contributed by atoms with Gasteiger partial charge in [0, 0.05) is 23.7 Å². The van der Waals surface area contributed by atoms with Crippen molar-refractivity contribution in [3.05, 3.63) is 46.4 Å². The Labute approximate surface area is 99.1 Å². The Hall–Kier alpha value is -1.39. The van der Waals surface area contributed by atoms with Crippen molar-refractivity contribution in [3.8, 4) is 5.75 Å². The third-order valence-corrected chi connectivity index (χ3v) is 2.96. The van der Waals surface area contributed by atoms with Crippen molar-refractivity contribution in [3.63, 3.8) is 0 Å². The van der Waals surface area contributed by atoms with E-state index >= 15 is 0 Å². The van der Waals surface area contributed by atoms with Gasteiger partial charge in [-0.1, -0.05) is 6.07 Å². The molecule has 4 heteroatoms. The SMILES string of the molecule is CNCc1cc(OCc2cccs2)ccn1. The van der Waals surface area contributed by atoms with E-state index in [4.69, 9.17) is 4.74 Å². The number of ether oxygens (including phenoxy) is 1. The van der Waals surface area contributed by atoms with Crippen molar-refractivity contribution in [2.45, 2.75) is 13.2 Å². The maximum atomic E-state index is 5.68. The maximum Gasteiger partial charge on any atom is 0.123 e. The van der Waals surface area contributed by atoms with E-state index in [0.717, 1.165) is 18.0 Å². The first-order chi connectivity index (χ1) is 7.88. The van der Waals surface area contributed by atoms with Gasteiger partial charge in [0.2, 0.25) is 0 Å². The van der Waals surface area contributed by atoms with Crippen molar-refractivity contribution in [2.75, 3.05) is 7.05 Å². The van der Waals surface area contributed by atoms with Crippen LogP contribution >= 0.6 is 11.3 Å². The van der Waals surface area contributed by atoms with Gasteiger partial charge in [-0.25, -0.2) is 0 Å². The predicted octanol–water partition coefficient (Wildman–Crippen LogP) is 2.44. The van der Waals surface area contributed by atoms with E-state index in [0.29, 0.717) is 6.61 Å². The number of hydrogen-bond donors (Lipinski definition) is 1. The second-order valence-electron chi connectivity index (χ2n) is 3.38. The van der Waals surface area contributed by atoms with E-state index in [-0.39, 0.29) is 0 Å². The van der Waals surface area contributed by atoms with E-state index in [9.17, 15) is 0 Å². The Morgan fingerprint density at radius 1 is 1.44 bits per heavy atom. The molecule has 16 heavy (non-hydrogen) atoms. The molecule has 0 aliphatic rings. The van der Waals surface area contributed by atoms with Crippen molar-refractivity contribution in [2.24, 2.45) is 0 Å². The first-order valence-corrected chi connectivity index (χ1v) is 6.01. The quantitative estimate of drug-likeness (QED) is 0.862. The van der Waals surface area contributed by atoms with Gasteiger partial charge in [-0.05, 0) is 24.6 Å². The predicted molar refractivity (Wildman–Crippen MR) is 65.7 cm³/mol. The van der Waals surface area contributed by atoms with Gasteiger partial charge in [-0.3, -0.25) is 4.98 Å². The number of pyridine rings is 1. The summed E-state index contributed by atoms with van der Waals surface area (Å²) >= 11 is 1.70. The average molecular weight is 234 g/mol. The molecule has 0 atom stereocenters. The van der Waals surface area contributed by atoms with Gasteiger partial charge >= 0.3 is 0 Å². The van der Waals surface area contributed by atoms with E-state index in [2.05, 4.69) is 21.7 Å². The minimum Gasteiger partial charge on any atom is -0.488 e. The summed E-state index contributed by atoms with van der Waals surface area (Å²) in [6.45, 7) is 1.39. The molecule has 0 saturated carbocycles. The van der Waals surface area contributed by atoms with Crippen molar-refractivity contribution in [1.29, 1.82) is 0 Å². The number of thiophene rings is 1. The van der Waals surface area contributed by atoms with Crippen LogP contribution in [-0.4, -0.2) is 12.0 Å². The highest BCUT2D eigenvalue weighted by Gasteiger charge is 1.99. The molecule has 0 radical (unpaired) electrons. The lowest BCUT2D eigenvalue weighted by Crippen LogP contribution is -2.06. The summed E-state index contributed by atoms with van der Waals surface area (Å²) in [7, 11) is 1.90. The highest BCUT2D eigenvalue weighted by atomic mass is 32.1. The molecule has 2 aromatic rings. The number of hydrogen-bond acceptors (Lipinski definition) is 4. The number of rotatable bonds is 5. The number of aromatic nitrogens is 1. The molecule has 3 nitrogen and oxygen atoms in total. The lowest BCUT2D eigenvalue weighted by Gasteiger charge is -2.06. The molecule has 0 fully saturated rings. The second-order valence-corrected chi connectivity index (χ2v) is 4.41. The van der Waals surface area contributed by atoms with Crippen molar-refractivity contribution < 1.29 is 4.74 Å². The zero-order valence-corrected chi connectivity index (χ0v) is 9.96. The zero-order valence-electron chi connectivity index (χ0n) is 9.14. The zero-order chi connectivity index (χ0) is 11.2. The summed E-state index contributed by atoms with van der Waals surface area (Å²) < 4.78 is 5.68. The van der Waals surface area contributed by atoms with Gasteiger partial charge in [0.1, 0.15) is 12.4 Å². The van der Waals surface area contributed by atoms with Crippen LogP contribution in [-0.2, 0) is 13.2 Å². The summed E-state index contributed by atoms with van der Waals surface area (Å²) in [6, 6.07) is 7.94. The van der Waals surface area contributed by atoms with Crippen LogP contribution in [0.5, 0.6) is 5.75 Å². The van der Waals surface area contributed by atoms with Crippen LogP contribution in [0, 0.1) is 0 Å². The van der Waals surface area contributed by atoms with Crippen LogP contribution in [0.25, 0.3) is 0 Å². The smallest absolute Gasteiger partial charge is 0.123 e. The fraction of sp³-hybridized carbons (Fsp3) is 0.250. The summed E-state index contributed by atoms with van der Waals surface area (Å²) in [5.74, 6) is 0.869. The molecule has 0 aromatic carbocycles. The van der Waals surface area contributed by atoms with Crippen LogP contribution < -0.4 is 10.1 Å². The molecule has 84 valence electrons. The molecule has 1 N–H and O–H groups in total. The van der Waals surface area contributed by atoms with Crippen molar-refractivity contribution in [1.82, 2.24) is 10.3 Å². The van der Waals surface area contributed by atoms with Gasteiger partial charge in [0.15, 0.2) is 0 Å². The number of nitrogens with one attached hydrogen (secondary N) is 1. The molecule has 0 bridgehead atoms. The lowest BCUT2D eigenvalue weighted by molar-refractivity contribution is 0.309. The number of nitrogens with zero attached hydrogens (tertiary/aromatic N) is 1. The van der Waals surface area contributed by atoms with Crippen LogP contribution in [0.15, 0.2) is 35.8 Å². The van der Waals surface area contributed by atoms with Gasteiger partial charge in [0.05, 0.1) is 5.69 Å². The minimum atomic E-state index is 0.626. The molecule has 0 spiro atoms. The molecule has 0 amide bonds. The van der Waals surface area contributed by atoms with Crippen LogP contribution in [0.1, 0.15) is 10.6 Å². The Morgan fingerprint density at radius 3 is 3.12 bits per heavy atom. The van der Waals surface area contributed by atoms with Crippen LogP contribution in [0.2, 0.25) is 0 Å².